The van der Waals surface area contributed by atoms with Crippen LogP contribution in [-0.4, -0.2) is 24.0 Å². The molecule has 0 aliphatic heterocycles. The summed E-state index contributed by atoms with van der Waals surface area (Å²) in [5, 5.41) is 15.3. The molecule has 0 spiro atoms. The van der Waals surface area contributed by atoms with E-state index in [1.807, 2.05) is 32.0 Å². The zero-order valence-corrected chi connectivity index (χ0v) is 9.84. The SMILES string of the molecule is Cc1ccc(OC/C=N\N=C(N)NO)c(C)c1. The summed E-state index contributed by atoms with van der Waals surface area (Å²) in [5.41, 5.74) is 9.06. The van der Waals surface area contributed by atoms with E-state index in [1.54, 1.807) is 5.48 Å². The van der Waals surface area contributed by atoms with E-state index in [0.29, 0.717) is 0 Å². The van der Waals surface area contributed by atoms with E-state index >= 15 is 0 Å². The van der Waals surface area contributed by atoms with Crippen molar-refractivity contribution in [2.75, 3.05) is 6.61 Å². The molecule has 0 fully saturated rings. The van der Waals surface area contributed by atoms with Crippen molar-refractivity contribution in [2.24, 2.45) is 15.9 Å². The Bertz CT molecular complexity index is 429. The van der Waals surface area contributed by atoms with Crippen LogP contribution in [-0.2, 0) is 0 Å². The minimum atomic E-state index is -0.173. The zero-order chi connectivity index (χ0) is 12.7. The first-order chi connectivity index (χ1) is 8.13. The van der Waals surface area contributed by atoms with Crippen molar-refractivity contribution < 1.29 is 9.94 Å². The summed E-state index contributed by atoms with van der Waals surface area (Å²) < 4.78 is 5.46. The van der Waals surface area contributed by atoms with Gasteiger partial charge in [-0.2, -0.15) is 5.10 Å². The lowest BCUT2D eigenvalue weighted by molar-refractivity contribution is 0.232. The average molecular weight is 236 g/mol. The molecule has 4 N–H and O–H groups in total. The van der Waals surface area contributed by atoms with Gasteiger partial charge in [0.25, 0.3) is 0 Å². The number of ether oxygens (including phenoxy) is 1. The fourth-order valence-electron chi connectivity index (χ4n) is 1.25. The predicted molar refractivity (Wildman–Crippen MR) is 66.4 cm³/mol. The molecule has 6 nitrogen and oxygen atoms in total. The molecule has 0 amide bonds. The molecule has 0 radical (unpaired) electrons. The average Bonchev–Trinajstić information content (AvgIpc) is 2.30. The number of nitrogens with zero attached hydrogens (tertiary/aromatic N) is 2. The van der Waals surface area contributed by atoms with E-state index in [2.05, 4.69) is 10.2 Å². The third-order valence-electron chi connectivity index (χ3n) is 2.01. The Hall–Kier alpha value is -2.08. The molecule has 92 valence electrons. The molecular formula is C11H16N4O2. The summed E-state index contributed by atoms with van der Waals surface area (Å²) in [7, 11) is 0. The fourth-order valence-corrected chi connectivity index (χ4v) is 1.25. The van der Waals surface area contributed by atoms with Gasteiger partial charge in [-0.15, -0.1) is 5.10 Å². The van der Waals surface area contributed by atoms with Gasteiger partial charge in [-0.25, -0.2) is 5.48 Å². The quantitative estimate of drug-likeness (QED) is 0.412. The lowest BCUT2D eigenvalue weighted by atomic mass is 10.1. The summed E-state index contributed by atoms with van der Waals surface area (Å²) in [4.78, 5) is 0. The summed E-state index contributed by atoms with van der Waals surface area (Å²) in [5.74, 6) is 0.632. The Kier molecular flexibility index (Phi) is 4.96. The van der Waals surface area contributed by atoms with E-state index in [9.17, 15) is 0 Å². The van der Waals surface area contributed by atoms with Gasteiger partial charge in [-0.05, 0) is 25.5 Å². The predicted octanol–water partition coefficient (Wildman–Crippen LogP) is 0.962. The molecule has 1 rings (SSSR count). The molecule has 1 aromatic rings. The van der Waals surface area contributed by atoms with Crippen molar-refractivity contribution >= 4 is 12.2 Å². The van der Waals surface area contributed by atoms with Crippen molar-refractivity contribution in [3.63, 3.8) is 0 Å². The van der Waals surface area contributed by atoms with E-state index < -0.39 is 0 Å². The standard InChI is InChI=1S/C11H16N4O2/c1-8-3-4-10(9(2)7-8)17-6-5-13-14-11(12)15-16/h3-5,7,16H,6H2,1-2H3,(H3,12,14,15)/b13-5-. The number of hydrogen-bond acceptors (Lipinski definition) is 4. The third-order valence-corrected chi connectivity index (χ3v) is 2.01. The summed E-state index contributed by atoms with van der Waals surface area (Å²) in [6, 6.07) is 5.93. The van der Waals surface area contributed by atoms with Crippen LogP contribution in [0.4, 0.5) is 0 Å². The van der Waals surface area contributed by atoms with Gasteiger partial charge in [0.15, 0.2) is 0 Å². The molecule has 0 bridgehead atoms. The second kappa shape index (κ2) is 6.49. The lowest BCUT2D eigenvalue weighted by Gasteiger charge is -2.06. The molecule has 6 heteroatoms. The summed E-state index contributed by atoms with van der Waals surface area (Å²) >= 11 is 0. The van der Waals surface area contributed by atoms with Crippen LogP contribution in [0.25, 0.3) is 0 Å². The highest BCUT2D eigenvalue weighted by Gasteiger charge is 1.97. The van der Waals surface area contributed by atoms with Gasteiger partial charge in [0.1, 0.15) is 12.4 Å². The Morgan fingerprint density at radius 2 is 2.29 bits per heavy atom. The number of nitrogens with one attached hydrogen (secondary N) is 1. The Labute approximate surface area is 99.8 Å². The number of benzene rings is 1. The molecule has 0 heterocycles. The van der Waals surface area contributed by atoms with Gasteiger partial charge >= 0.3 is 0 Å². The van der Waals surface area contributed by atoms with E-state index in [0.717, 1.165) is 11.3 Å². The number of rotatable bonds is 4. The Morgan fingerprint density at radius 3 is 2.94 bits per heavy atom. The molecule has 17 heavy (non-hydrogen) atoms. The monoisotopic (exact) mass is 236 g/mol. The number of aryl methyl sites for hydroxylation is 2. The maximum Gasteiger partial charge on any atom is 0.237 e. The first kappa shape index (κ1) is 13.0. The number of guanidine groups is 1. The van der Waals surface area contributed by atoms with E-state index in [4.69, 9.17) is 15.7 Å². The van der Waals surface area contributed by atoms with Crippen LogP contribution in [0, 0.1) is 13.8 Å². The third kappa shape index (κ3) is 4.52. The molecule has 0 unspecified atom stereocenters. The van der Waals surface area contributed by atoms with Crippen molar-refractivity contribution in [1.29, 1.82) is 0 Å². The first-order valence-electron chi connectivity index (χ1n) is 5.08. The van der Waals surface area contributed by atoms with Crippen LogP contribution in [0.15, 0.2) is 28.4 Å². The maximum absolute atomic E-state index is 8.32. The molecular weight excluding hydrogens is 220 g/mol. The van der Waals surface area contributed by atoms with Crippen LogP contribution >= 0.6 is 0 Å². The number of nitrogens with two attached hydrogens (primary N) is 1. The van der Waals surface area contributed by atoms with E-state index in [1.165, 1.54) is 11.8 Å². The molecule has 0 aliphatic carbocycles. The maximum atomic E-state index is 8.32. The van der Waals surface area contributed by atoms with Gasteiger partial charge in [-0.1, -0.05) is 17.7 Å². The van der Waals surface area contributed by atoms with Crippen LogP contribution in [0.1, 0.15) is 11.1 Å². The van der Waals surface area contributed by atoms with Gasteiger partial charge in [0.05, 0.1) is 6.21 Å². The van der Waals surface area contributed by atoms with Gasteiger partial charge < -0.3 is 10.5 Å². The molecule has 0 aliphatic rings. The van der Waals surface area contributed by atoms with Crippen LogP contribution in [0.3, 0.4) is 0 Å². The second-order valence-electron chi connectivity index (χ2n) is 3.48. The van der Waals surface area contributed by atoms with Gasteiger partial charge in [-0.3, -0.25) is 5.21 Å². The highest BCUT2D eigenvalue weighted by molar-refractivity contribution is 5.77. The van der Waals surface area contributed by atoms with E-state index in [-0.39, 0.29) is 12.6 Å². The largest absolute Gasteiger partial charge is 0.488 e. The molecule has 1 aromatic carbocycles. The number of hydroxylamine groups is 1. The summed E-state index contributed by atoms with van der Waals surface area (Å²) in [6.45, 7) is 4.29. The Morgan fingerprint density at radius 1 is 1.53 bits per heavy atom. The van der Waals surface area contributed by atoms with Crippen molar-refractivity contribution in [2.45, 2.75) is 13.8 Å². The molecule has 0 aromatic heterocycles. The normalized spacial score (nSPS) is 11.8. The van der Waals surface area contributed by atoms with Crippen molar-refractivity contribution in [3.05, 3.63) is 29.3 Å². The summed E-state index contributed by atoms with van der Waals surface area (Å²) in [6.07, 6.45) is 1.45. The molecule has 0 atom stereocenters. The molecule has 0 saturated heterocycles. The molecule has 0 saturated carbocycles. The van der Waals surface area contributed by atoms with Gasteiger partial charge in [0, 0.05) is 0 Å². The smallest absolute Gasteiger partial charge is 0.237 e. The lowest BCUT2D eigenvalue weighted by Crippen LogP contribution is -2.27. The van der Waals surface area contributed by atoms with Gasteiger partial charge in [0.2, 0.25) is 5.96 Å². The minimum absolute atomic E-state index is 0.173. The highest BCUT2D eigenvalue weighted by atomic mass is 16.5. The first-order valence-corrected chi connectivity index (χ1v) is 5.08. The van der Waals surface area contributed by atoms with Crippen molar-refractivity contribution in [1.82, 2.24) is 5.48 Å². The Balaban J connectivity index is 2.46. The highest BCUT2D eigenvalue weighted by Crippen LogP contribution is 2.18. The minimum Gasteiger partial charge on any atom is -0.488 e. The topological polar surface area (TPSA) is 92.2 Å². The fraction of sp³-hybridized carbons (Fsp3) is 0.273. The van der Waals surface area contributed by atoms with Crippen LogP contribution in [0.5, 0.6) is 5.75 Å². The van der Waals surface area contributed by atoms with Crippen LogP contribution < -0.4 is 16.0 Å². The zero-order valence-electron chi connectivity index (χ0n) is 9.84. The second-order valence-corrected chi connectivity index (χ2v) is 3.48. The van der Waals surface area contributed by atoms with Crippen LogP contribution in [0.2, 0.25) is 0 Å². The van der Waals surface area contributed by atoms with Crippen molar-refractivity contribution in [3.8, 4) is 5.75 Å². The number of hydrogen-bond donors (Lipinski definition) is 3.